The monoisotopic (exact) mass is 267 g/mol. The van der Waals surface area contributed by atoms with Crippen molar-refractivity contribution in [3.8, 4) is 0 Å². The van der Waals surface area contributed by atoms with Crippen LogP contribution in [0.15, 0.2) is 12.4 Å². The van der Waals surface area contributed by atoms with Gasteiger partial charge in [0.2, 0.25) is 0 Å². The Bertz CT molecular complexity index is 446. The third-order valence-electron chi connectivity index (χ3n) is 3.12. The Hall–Kier alpha value is -1.73. The second-order valence-electron chi connectivity index (χ2n) is 4.32. The molecule has 0 saturated carbocycles. The lowest BCUT2D eigenvalue weighted by molar-refractivity contribution is -0.00625. The van der Waals surface area contributed by atoms with Crippen LogP contribution in [0.5, 0.6) is 0 Å². The average Bonchev–Trinajstić information content (AvgIpc) is 2.94. The van der Waals surface area contributed by atoms with Crippen LogP contribution in [-0.2, 0) is 14.2 Å². The number of nitrogens with one attached hydrogen (secondary N) is 1. The van der Waals surface area contributed by atoms with Crippen LogP contribution in [0.4, 0.5) is 5.82 Å². The summed E-state index contributed by atoms with van der Waals surface area (Å²) in [5, 5.41) is 3.11. The number of methoxy groups -OCH3 is 2. The van der Waals surface area contributed by atoms with Gasteiger partial charge < -0.3 is 19.5 Å². The van der Waals surface area contributed by atoms with Gasteiger partial charge in [-0.15, -0.1) is 0 Å². The van der Waals surface area contributed by atoms with Crippen LogP contribution in [0, 0.1) is 0 Å². The van der Waals surface area contributed by atoms with E-state index in [1.54, 1.807) is 13.3 Å². The molecule has 1 N–H and O–H groups in total. The highest BCUT2D eigenvalue weighted by Crippen LogP contribution is 2.22. The van der Waals surface area contributed by atoms with Gasteiger partial charge in [0.1, 0.15) is 11.4 Å². The largest absolute Gasteiger partial charge is 0.464 e. The summed E-state index contributed by atoms with van der Waals surface area (Å²) >= 11 is 0. The van der Waals surface area contributed by atoms with Crippen molar-refractivity contribution in [2.24, 2.45) is 0 Å². The maximum atomic E-state index is 11.3. The van der Waals surface area contributed by atoms with Gasteiger partial charge in [-0.1, -0.05) is 0 Å². The van der Waals surface area contributed by atoms with E-state index in [0.29, 0.717) is 25.6 Å². The molecule has 1 saturated heterocycles. The molecule has 2 rings (SSSR count). The molecule has 1 aliphatic heterocycles. The topological polar surface area (TPSA) is 82.6 Å². The summed E-state index contributed by atoms with van der Waals surface area (Å²) < 4.78 is 15.4. The number of hydrogen-bond donors (Lipinski definition) is 1. The molecule has 2 heterocycles. The predicted octanol–water partition coefficient (Wildman–Crippen LogP) is 0.481. The summed E-state index contributed by atoms with van der Waals surface area (Å²) in [4.78, 5) is 19.4. The van der Waals surface area contributed by atoms with E-state index >= 15 is 0 Å². The Morgan fingerprint density at radius 1 is 1.53 bits per heavy atom. The molecular formula is C12H17N3O4. The summed E-state index contributed by atoms with van der Waals surface area (Å²) in [6.45, 7) is 1.77. The van der Waals surface area contributed by atoms with Gasteiger partial charge in [0.25, 0.3) is 0 Å². The fourth-order valence-corrected chi connectivity index (χ4v) is 1.87. The van der Waals surface area contributed by atoms with Crippen LogP contribution in [0.2, 0.25) is 0 Å². The third kappa shape index (κ3) is 3.18. The maximum absolute atomic E-state index is 11.3. The normalized spacial score (nSPS) is 22.2. The zero-order chi connectivity index (χ0) is 13.7. The zero-order valence-electron chi connectivity index (χ0n) is 11.0. The molecule has 0 aromatic carbocycles. The van der Waals surface area contributed by atoms with Gasteiger partial charge in [-0.3, -0.25) is 4.98 Å². The van der Waals surface area contributed by atoms with Crippen molar-refractivity contribution in [1.29, 1.82) is 0 Å². The Balaban J connectivity index is 2.01. The van der Waals surface area contributed by atoms with Crippen LogP contribution in [0.3, 0.4) is 0 Å². The van der Waals surface area contributed by atoms with E-state index in [0.717, 1.165) is 6.42 Å². The van der Waals surface area contributed by atoms with Crippen LogP contribution in [-0.4, -0.2) is 55.5 Å². The van der Waals surface area contributed by atoms with Crippen molar-refractivity contribution < 1.29 is 19.0 Å². The molecule has 1 aliphatic rings. The number of rotatable bonds is 5. The van der Waals surface area contributed by atoms with Crippen LogP contribution >= 0.6 is 0 Å². The number of carbonyl (C=O) groups is 1. The third-order valence-corrected chi connectivity index (χ3v) is 3.12. The lowest BCUT2D eigenvalue weighted by atomic mass is 10.0. The molecule has 0 spiro atoms. The average molecular weight is 267 g/mol. The van der Waals surface area contributed by atoms with E-state index in [2.05, 4.69) is 20.0 Å². The van der Waals surface area contributed by atoms with E-state index < -0.39 is 5.97 Å². The van der Waals surface area contributed by atoms with Crippen molar-refractivity contribution in [3.63, 3.8) is 0 Å². The second-order valence-corrected chi connectivity index (χ2v) is 4.32. The minimum Gasteiger partial charge on any atom is -0.464 e. The van der Waals surface area contributed by atoms with E-state index in [4.69, 9.17) is 9.47 Å². The quantitative estimate of drug-likeness (QED) is 0.777. The molecule has 0 aliphatic carbocycles. The fourth-order valence-electron chi connectivity index (χ4n) is 1.87. The Kier molecular flexibility index (Phi) is 4.28. The van der Waals surface area contributed by atoms with Crippen LogP contribution < -0.4 is 5.32 Å². The molecule has 7 heteroatoms. The molecular weight excluding hydrogens is 250 g/mol. The summed E-state index contributed by atoms with van der Waals surface area (Å²) in [5.74, 6) is -0.00645. The minimum absolute atomic E-state index is 0.168. The first kappa shape index (κ1) is 13.7. The molecule has 19 heavy (non-hydrogen) atoms. The predicted molar refractivity (Wildman–Crippen MR) is 67.0 cm³/mol. The number of hydrogen-bond acceptors (Lipinski definition) is 7. The Morgan fingerprint density at radius 3 is 3.00 bits per heavy atom. The summed E-state index contributed by atoms with van der Waals surface area (Å²) in [5.41, 5.74) is -0.176. The molecule has 1 atom stereocenters. The SMILES string of the molecule is COC(=O)c1cncc(NCC2(OC)CCOC2)n1. The Labute approximate surface area is 111 Å². The van der Waals surface area contributed by atoms with E-state index in [1.807, 2.05) is 0 Å². The molecule has 1 fully saturated rings. The summed E-state index contributed by atoms with van der Waals surface area (Å²) in [6.07, 6.45) is 3.73. The summed E-state index contributed by atoms with van der Waals surface area (Å²) in [6, 6.07) is 0. The van der Waals surface area contributed by atoms with Crippen LogP contribution in [0.1, 0.15) is 16.9 Å². The molecule has 7 nitrogen and oxygen atoms in total. The maximum Gasteiger partial charge on any atom is 0.358 e. The molecule has 104 valence electrons. The standard InChI is InChI=1S/C12H17N3O4/c1-17-11(16)9-5-13-6-10(15-9)14-7-12(18-2)3-4-19-8-12/h5-6H,3-4,7-8H2,1-2H3,(H,14,15). The zero-order valence-corrected chi connectivity index (χ0v) is 11.0. The first-order chi connectivity index (χ1) is 9.19. The van der Waals surface area contributed by atoms with Crippen molar-refractivity contribution in [2.75, 3.05) is 39.3 Å². The van der Waals surface area contributed by atoms with E-state index in [1.165, 1.54) is 13.3 Å². The van der Waals surface area contributed by atoms with Crippen molar-refractivity contribution in [3.05, 3.63) is 18.1 Å². The van der Waals surface area contributed by atoms with Gasteiger partial charge in [-0.05, 0) is 0 Å². The highest BCUT2D eigenvalue weighted by Gasteiger charge is 2.34. The van der Waals surface area contributed by atoms with Gasteiger partial charge in [0.05, 0.1) is 26.1 Å². The number of ether oxygens (including phenoxy) is 3. The van der Waals surface area contributed by atoms with Gasteiger partial charge in [-0.2, -0.15) is 0 Å². The van der Waals surface area contributed by atoms with Crippen molar-refractivity contribution >= 4 is 11.8 Å². The first-order valence-corrected chi connectivity index (χ1v) is 5.96. The highest BCUT2D eigenvalue weighted by atomic mass is 16.5. The smallest absolute Gasteiger partial charge is 0.358 e. The van der Waals surface area contributed by atoms with Crippen molar-refractivity contribution in [2.45, 2.75) is 12.0 Å². The number of carbonyl (C=O) groups excluding carboxylic acids is 1. The number of anilines is 1. The van der Waals surface area contributed by atoms with Gasteiger partial charge in [0, 0.05) is 26.7 Å². The van der Waals surface area contributed by atoms with Gasteiger partial charge in [-0.25, -0.2) is 9.78 Å². The second kappa shape index (κ2) is 5.94. The number of esters is 1. The van der Waals surface area contributed by atoms with Crippen LogP contribution in [0.25, 0.3) is 0 Å². The van der Waals surface area contributed by atoms with Gasteiger partial charge >= 0.3 is 5.97 Å². The minimum atomic E-state index is -0.512. The molecule has 1 aromatic rings. The molecule has 0 amide bonds. The Morgan fingerprint density at radius 2 is 2.37 bits per heavy atom. The highest BCUT2D eigenvalue weighted by molar-refractivity contribution is 5.87. The molecule has 1 unspecified atom stereocenters. The fraction of sp³-hybridized carbons (Fsp3) is 0.583. The molecule has 0 radical (unpaired) electrons. The lowest BCUT2D eigenvalue weighted by Gasteiger charge is -2.26. The molecule has 0 bridgehead atoms. The first-order valence-electron chi connectivity index (χ1n) is 5.96. The van der Waals surface area contributed by atoms with Gasteiger partial charge in [0.15, 0.2) is 5.69 Å². The lowest BCUT2D eigenvalue weighted by Crippen LogP contribution is -2.39. The van der Waals surface area contributed by atoms with E-state index in [9.17, 15) is 4.79 Å². The molecule has 1 aromatic heterocycles. The number of aromatic nitrogens is 2. The number of nitrogens with zero attached hydrogens (tertiary/aromatic N) is 2. The summed E-state index contributed by atoms with van der Waals surface area (Å²) in [7, 11) is 2.97. The van der Waals surface area contributed by atoms with Crippen molar-refractivity contribution in [1.82, 2.24) is 9.97 Å². The van der Waals surface area contributed by atoms with E-state index in [-0.39, 0.29) is 11.3 Å².